The van der Waals surface area contributed by atoms with Gasteiger partial charge in [-0.2, -0.15) is 0 Å². The largest absolute Gasteiger partial charge is 0.453 e. The fraction of sp³-hybridized carbons (Fsp3) is 0.111. The quantitative estimate of drug-likeness (QED) is 0.677. The van der Waals surface area contributed by atoms with Gasteiger partial charge in [0, 0.05) is 17.8 Å². The molecule has 0 spiro atoms. The van der Waals surface area contributed by atoms with Crippen LogP contribution in [0.3, 0.4) is 0 Å². The van der Waals surface area contributed by atoms with E-state index in [1.807, 2.05) is 0 Å². The average Bonchev–Trinajstić information content (AvgIpc) is 2.87. The second-order valence-electron chi connectivity index (χ2n) is 5.52. The molecule has 2 aromatic carbocycles. The number of imide groups is 1. The van der Waals surface area contributed by atoms with Crippen LogP contribution in [0.4, 0.5) is 14.5 Å². The van der Waals surface area contributed by atoms with E-state index in [-0.39, 0.29) is 30.3 Å². The molecule has 6 nitrogen and oxygen atoms in total. The third-order valence-corrected chi connectivity index (χ3v) is 4.28. The number of β-amino-alcohol motifs (C(OH)–C–C–N with tert-alkyl or cyclic N) is 1. The minimum absolute atomic E-state index is 0.0681. The van der Waals surface area contributed by atoms with Crippen molar-refractivity contribution in [1.82, 2.24) is 4.90 Å². The molecule has 140 valence electrons. The minimum Gasteiger partial charge on any atom is -0.453 e. The maximum Gasteiger partial charge on any atom is 0.277 e. The van der Waals surface area contributed by atoms with Gasteiger partial charge in [0.15, 0.2) is 11.6 Å². The molecular formula is C18H13BrF2N2O4. The highest BCUT2D eigenvalue weighted by atomic mass is 79.9. The molecule has 0 unspecified atom stereocenters. The van der Waals surface area contributed by atoms with Gasteiger partial charge in [-0.3, -0.25) is 14.5 Å². The number of amides is 2. The predicted molar refractivity (Wildman–Crippen MR) is 96.1 cm³/mol. The second kappa shape index (κ2) is 7.85. The molecule has 9 heteroatoms. The second-order valence-corrected chi connectivity index (χ2v) is 6.38. The van der Waals surface area contributed by atoms with Gasteiger partial charge in [-0.15, -0.1) is 0 Å². The van der Waals surface area contributed by atoms with Gasteiger partial charge < -0.3 is 15.2 Å². The Morgan fingerprint density at radius 2 is 1.85 bits per heavy atom. The van der Waals surface area contributed by atoms with Gasteiger partial charge in [-0.25, -0.2) is 8.78 Å². The maximum atomic E-state index is 13.7. The Hall–Kier alpha value is -2.78. The Morgan fingerprint density at radius 3 is 2.52 bits per heavy atom. The number of hydrogen-bond donors (Lipinski definition) is 2. The average molecular weight is 439 g/mol. The van der Waals surface area contributed by atoms with Gasteiger partial charge in [0.1, 0.15) is 17.3 Å². The first-order chi connectivity index (χ1) is 12.9. The summed E-state index contributed by atoms with van der Waals surface area (Å²) in [5.41, 5.74) is 0.547. The Bertz CT molecular complexity index is 949. The van der Waals surface area contributed by atoms with Crippen LogP contribution < -0.4 is 10.1 Å². The van der Waals surface area contributed by atoms with Crippen molar-refractivity contribution in [3.63, 3.8) is 0 Å². The van der Waals surface area contributed by atoms with Crippen LogP contribution in [0.15, 0.2) is 52.6 Å². The van der Waals surface area contributed by atoms with E-state index in [4.69, 9.17) is 9.84 Å². The molecule has 2 N–H and O–H groups in total. The van der Waals surface area contributed by atoms with Gasteiger partial charge in [-0.1, -0.05) is 0 Å². The summed E-state index contributed by atoms with van der Waals surface area (Å²) in [5.74, 6) is -2.47. The molecule has 1 aliphatic rings. The number of aliphatic hydroxyl groups is 1. The number of carbonyl (C=O) groups is 2. The van der Waals surface area contributed by atoms with Gasteiger partial charge in [-0.05, 0) is 46.3 Å². The van der Waals surface area contributed by atoms with Crippen molar-refractivity contribution in [2.75, 3.05) is 18.5 Å². The van der Waals surface area contributed by atoms with E-state index in [2.05, 4.69) is 21.2 Å². The first kappa shape index (κ1) is 19.0. The fourth-order valence-electron chi connectivity index (χ4n) is 2.40. The molecule has 0 radical (unpaired) electrons. The van der Waals surface area contributed by atoms with E-state index < -0.39 is 23.4 Å². The summed E-state index contributed by atoms with van der Waals surface area (Å²) in [5, 5.41) is 11.7. The molecule has 0 atom stereocenters. The lowest BCUT2D eigenvalue weighted by Crippen LogP contribution is -2.34. The number of nitrogens with zero attached hydrogens (tertiary/aromatic N) is 1. The molecular weight excluding hydrogens is 426 g/mol. The van der Waals surface area contributed by atoms with Gasteiger partial charge in [0.2, 0.25) is 0 Å². The van der Waals surface area contributed by atoms with Gasteiger partial charge in [0.25, 0.3) is 11.8 Å². The maximum absolute atomic E-state index is 13.7. The first-order valence-corrected chi connectivity index (χ1v) is 8.56. The fourth-order valence-corrected chi connectivity index (χ4v) is 2.86. The number of anilines is 1. The summed E-state index contributed by atoms with van der Waals surface area (Å²) in [6, 6.07) is 7.62. The topological polar surface area (TPSA) is 78.9 Å². The van der Waals surface area contributed by atoms with Crippen molar-refractivity contribution in [3.05, 3.63) is 64.3 Å². The zero-order chi connectivity index (χ0) is 19.6. The number of rotatable bonds is 6. The summed E-state index contributed by atoms with van der Waals surface area (Å²) in [6.07, 6.45) is 1.14. The molecule has 27 heavy (non-hydrogen) atoms. The highest BCUT2D eigenvalue weighted by Crippen LogP contribution is 2.33. The zero-order valence-corrected chi connectivity index (χ0v) is 15.3. The third-order valence-electron chi connectivity index (χ3n) is 3.66. The third kappa shape index (κ3) is 4.15. The van der Waals surface area contributed by atoms with Crippen LogP contribution in [0.25, 0.3) is 0 Å². The zero-order valence-electron chi connectivity index (χ0n) is 13.7. The van der Waals surface area contributed by atoms with Crippen LogP contribution in [0, 0.1) is 11.6 Å². The van der Waals surface area contributed by atoms with E-state index in [1.165, 1.54) is 12.1 Å². The van der Waals surface area contributed by atoms with Crippen LogP contribution in [0.2, 0.25) is 0 Å². The number of nitrogens with one attached hydrogen (secondary N) is 1. The molecule has 0 bridgehead atoms. The monoisotopic (exact) mass is 438 g/mol. The number of aliphatic hydroxyl groups excluding tert-OH is 1. The predicted octanol–water partition coefficient (Wildman–Crippen LogP) is 3.18. The highest BCUT2D eigenvalue weighted by Gasteiger charge is 2.30. The summed E-state index contributed by atoms with van der Waals surface area (Å²) in [7, 11) is 0. The summed E-state index contributed by atoms with van der Waals surface area (Å²) in [4.78, 5) is 24.8. The standard InChI is InChI=1S/C18H13BrF2N2O4/c19-12-8-11(22-14-9-17(25)23(5-6-24)18(14)26)2-4-15(12)27-16-3-1-10(20)7-13(16)21/h1-4,7-9,22,24H,5-6H2. The lowest BCUT2D eigenvalue weighted by Gasteiger charge is -2.14. The van der Waals surface area contributed by atoms with Crippen LogP contribution >= 0.6 is 15.9 Å². The van der Waals surface area contributed by atoms with E-state index in [1.54, 1.807) is 12.1 Å². The van der Waals surface area contributed by atoms with Crippen molar-refractivity contribution in [2.24, 2.45) is 0 Å². The molecule has 1 heterocycles. The molecule has 0 aromatic heterocycles. The molecule has 0 fully saturated rings. The number of hydrogen-bond acceptors (Lipinski definition) is 5. The van der Waals surface area contributed by atoms with E-state index >= 15 is 0 Å². The van der Waals surface area contributed by atoms with E-state index in [9.17, 15) is 18.4 Å². The lowest BCUT2D eigenvalue weighted by atomic mass is 10.2. The van der Waals surface area contributed by atoms with E-state index in [0.717, 1.165) is 17.0 Å². The Balaban J connectivity index is 1.74. The molecule has 0 saturated heterocycles. The molecule has 2 amide bonds. The molecule has 0 aliphatic carbocycles. The van der Waals surface area contributed by atoms with Crippen molar-refractivity contribution in [1.29, 1.82) is 0 Å². The molecule has 2 aromatic rings. The Morgan fingerprint density at radius 1 is 1.11 bits per heavy atom. The molecule has 1 aliphatic heterocycles. The Labute approximate surface area is 161 Å². The van der Waals surface area contributed by atoms with E-state index in [0.29, 0.717) is 16.2 Å². The van der Waals surface area contributed by atoms with Crippen molar-refractivity contribution >= 4 is 33.4 Å². The van der Waals surface area contributed by atoms with Crippen LogP contribution in [0.1, 0.15) is 0 Å². The molecule has 0 saturated carbocycles. The summed E-state index contributed by atoms with van der Waals surface area (Å²) < 4.78 is 32.5. The first-order valence-electron chi connectivity index (χ1n) is 7.77. The van der Waals surface area contributed by atoms with Crippen molar-refractivity contribution in [2.45, 2.75) is 0 Å². The summed E-state index contributed by atoms with van der Waals surface area (Å²) >= 11 is 3.28. The van der Waals surface area contributed by atoms with Gasteiger partial charge >= 0.3 is 0 Å². The summed E-state index contributed by atoms with van der Waals surface area (Å²) in [6.45, 7) is -0.408. The lowest BCUT2D eigenvalue weighted by molar-refractivity contribution is -0.137. The smallest absolute Gasteiger partial charge is 0.277 e. The number of carbonyl (C=O) groups excluding carboxylic acids is 2. The SMILES string of the molecule is O=C1C=C(Nc2ccc(Oc3ccc(F)cc3F)c(Br)c2)C(=O)N1CCO. The van der Waals surface area contributed by atoms with Gasteiger partial charge in [0.05, 0.1) is 17.6 Å². The van der Waals surface area contributed by atoms with Crippen LogP contribution in [0.5, 0.6) is 11.5 Å². The van der Waals surface area contributed by atoms with Crippen molar-refractivity contribution < 1.29 is 28.2 Å². The minimum atomic E-state index is -0.840. The number of benzene rings is 2. The van der Waals surface area contributed by atoms with Crippen LogP contribution in [-0.4, -0.2) is 35.0 Å². The Kier molecular flexibility index (Phi) is 5.52. The van der Waals surface area contributed by atoms with Crippen LogP contribution in [-0.2, 0) is 9.59 Å². The number of halogens is 3. The normalized spacial score (nSPS) is 13.8. The van der Waals surface area contributed by atoms with Crippen molar-refractivity contribution in [3.8, 4) is 11.5 Å². The highest BCUT2D eigenvalue weighted by molar-refractivity contribution is 9.10. The molecule has 3 rings (SSSR count). The number of ether oxygens (including phenoxy) is 1.